The van der Waals surface area contributed by atoms with Crippen molar-refractivity contribution in [2.45, 2.75) is 13.5 Å². The Hall–Kier alpha value is -2.07. The predicted molar refractivity (Wildman–Crippen MR) is 93.0 cm³/mol. The molecule has 0 spiro atoms. The van der Waals surface area contributed by atoms with Crippen LogP contribution in [0.1, 0.15) is 21.6 Å². The molecule has 3 nitrogen and oxygen atoms in total. The summed E-state index contributed by atoms with van der Waals surface area (Å²) in [5.41, 5.74) is 3.88. The number of hydrogen-bond acceptors (Lipinski definition) is 1. The van der Waals surface area contributed by atoms with Crippen LogP contribution in [-0.4, -0.2) is 22.8 Å². The summed E-state index contributed by atoms with van der Waals surface area (Å²) in [6, 6.07) is 16.0. The van der Waals surface area contributed by atoms with Crippen LogP contribution in [-0.2, 0) is 6.54 Å². The lowest BCUT2D eigenvalue weighted by Gasteiger charge is -2.17. The first-order valence-electron chi connectivity index (χ1n) is 7.13. The van der Waals surface area contributed by atoms with Gasteiger partial charge in [-0.3, -0.25) is 4.79 Å². The molecule has 1 N–H and O–H groups in total. The molecule has 112 valence electrons. The van der Waals surface area contributed by atoms with Gasteiger partial charge in [0.2, 0.25) is 0 Å². The quantitative estimate of drug-likeness (QED) is 0.736. The Bertz CT molecular complexity index is 838. The standard InChI is InChI=1S/C18H17BrN2O/c1-12-7-8-16-14(9-12)10-17(20-16)18(22)21(2)11-13-5-3-4-6-15(13)19/h3-10,20H,11H2,1-2H3. The van der Waals surface area contributed by atoms with E-state index in [-0.39, 0.29) is 5.91 Å². The monoisotopic (exact) mass is 356 g/mol. The van der Waals surface area contributed by atoms with E-state index in [1.807, 2.05) is 56.4 Å². The first kappa shape index (κ1) is 14.9. The molecule has 0 fully saturated rings. The van der Waals surface area contributed by atoms with Crippen LogP contribution in [0, 0.1) is 6.92 Å². The van der Waals surface area contributed by atoms with Gasteiger partial charge < -0.3 is 9.88 Å². The first-order chi connectivity index (χ1) is 10.5. The van der Waals surface area contributed by atoms with Crippen molar-refractivity contribution in [2.24, 2.45) is 0 Å². The van der Waals surface area contributed by atoms with Crippen molar-refractivity contribution in [2.75, 3.05) is 7.05 Å². The second kappa shape index (κ2) is 5.97. The minimum atomic E-state index is -0.00962. The van der Waals surface area contributed by atoms with Gasteiger partial charge in [-0.15, -0.1) is 0 Å². The largest absolute Gasteiger partial charge is 0.351 e. The number of hydrogen-bond donors (Lipinski definition) is 1. The lowest BCUT2D eigenvalue weighted by Crippen LogP contribution is -2.26. The maximum absolute atomic E-state index is 12.6. The summed E-state index contributed by atoms with van der Waals surface area (Å²) in [6.45, 7) is 2.61. The van der Waals surface area contributed by atoms with Gasteiger partial charge in [-0.1, -0.05) is 45.8 Å². The highest BCUT2D eigenvalue weighted by Gasteiger charge is 2.15. The number of halogens is 1. The molecule has 1 heterocycles. The number of aromatic nitrogens is 1. The van der Waals surface area contributed by atoms with Gasteiger partial charge in [-0.2, -0.15) is 0 Å². The Labute approximate surface area is 138 Å². The summed E-state index contributed by atoms with van der Waals surface area (Å²) in [5, 5.41) is 1.07. The van der Waals surface area contributed by atoms with Crippen molar-refractivity contribution in [3.8, 4) is 0 Å². The van der Waals surface area contributed by atoms with Crippen LogP contribution >= 0.6 is 15.9 Å². The molecule has 22 heavy (non-hydrogen) atoms. The highest BCUT2D eigenvalue weighted by Crippen LogP contribution is 2.20. The van der Waals surface area contributed by atoms with Crippen LogP contribution in [0.4, 0.5) is 0 Å². The van der Waals surface area contributed by atoms with Crippen LogP contribution < -0.4 is 0 Å². The van der Waals surface area contributed by atoms with E-state index >= 15 is 0 Å². The molecule has 3 rings (SSSR count). The van der Waals surface area contributed by atoms with Gasteiger partial charge >= 0.3 is 0 Å². The third kappa shape index (κ3) is 2.92. The van der Waals surface area contributed by atoms with E-state index in [9.17, 15) is 4.79 Å². The molecule has 0 unspecified atom stereocenters. The summed E-state index contributed by atoms with van der Waals surface area (Å²) in [6.07, 6.45) is 0. The molecule has 0 saturated carbocycles. The van der Waals surface area contributed by atoms with Crippen LogP contribution in [0.15, 0.2) is 53.0 Å². The summed E-state index contributed by atoms with van der Waals surface area (Å²) in [5.74, 6) is -0.00962. The number of fused-ring (bicyclic) bond motifs is 1. The van der Waals surface area contributed by atoms with Gasteiger partial charge in [0.05, 0.1) is 0 Å². The Morgan fingerprint density at radius 1 is 1.18 bits per heavy atom. The van der Waals surface area contributed by atoms with Crippen LogP contribution in [0.3, 0.4) is 0 Å². The smallest absolute Gasteiger partial charge is 0.270 e. The molecule has 0 atom stereocenters. The van der Waals surface area contributed by atoms with Gasteiger partial charge in [0.1, 0.15) is 5.69 Å². The molecule has 0 radical (unpaired) electrons. The van der Waals surface area contributed by atoms with Crippen LogP contribution in [0.2, 0.25) is 0 Å². The van der Waals surface area contributed by atoms with Crippen molar-refractivity contribution in [3.05, 3.63) is 69.8 Å². The Balaban J connectivity index is 1.84. The number of amides is 1. The number of aromatic amines is 1. The molecular weight excluding hydrogens is 340 g/mol. The van der Waals surface area contributed by atoms with Gasteiger partial charge in [0.25, 0.3) is 5.91 Å². The molecule has 2 aromatic carbocycles. The number of H-pyrrole nitrogens is 1. The van der Waals surface area contributed by atoms with Crippen molar-refractivity contribution in [1.29, 1.82) is 0 Å². The predicted octanol–water partition coefficient (Wildman–Crippen LogP) is 4.51. The SMILES string of the molecule is Cc1ccc2[nH]c(C(=O)N(C)Cc3ccccc3Br)cc2c1. The zero-order valence-corrected chi connectivity index (χ0v) is 14.1. The third-order valence-corrected chi connectivity index (χ3v) is 4.49. The normalized spacial score (nSPS) is 10.9. The summed E-state index contributed by atoms with van der Waals surface area (Å²) in [7, 11) is 1.82. The van der Waals surface area contributed by atoms with Crippen LogP contribution in [0.5, 0.6) is 0 Å². The zero-order chi connectivity index (χ0) is 15.7. The number of nitrogens with zero attached hydrogens (tertiary/aromatic N) is 1. The lowest BCUT2D eigenvalue weighted by molar-refractivity contribution is 0.0780. The molecule has 0 aliphatic rings. The summed E-state index contributed by atoms with van der Waals surface area (Å²) in [4.78, 5) is 17.5. The van der Waals surface area contributed by atoms with E-state index in [4.69, 9.17) is 0 Å². The molecule has 1 amide bonds. The third-order valence-electron chi connectivity index (χ3n) is 3.72. The first-order valence-corrected chi connectivity index (χ1v) is 7.92. The highest BCUT2D eigenvalue weighted by molar-refractivity contribution is 9.10. The summed E-state index contributed by atoms with van der Waals surface area (Å²) >= 11 is 3.52. The average molecular weight is 357 g/mol. The molecular formula is C18H17BrN2O. The molecule has 0 saturated heterocycles. The maximum atomic E-state index is 12.6. The van der Waals surface area contributed by atoms with E-state index in [1.54, 1.807) is 4.90 Å². The number of aryl methyl sites for hydroxylation is 1. The zero-order valence-electron chi connectivity index (χ0n) is 12.6. The fourth-order valence-electron chi connectivity index (χ4n) is 2.53. The fourth-order valence-corrected chi connectivity index (χ4v) is 2.94. The molecule has 0 aliphatic carbocycles. The Morgan fingerprint density at radius 2 is 1.95 bits per heavy atom. The van der Waals surface area contributed by atoms with E-state index in [0.29, 0.717) is 12.2 Å². The minimum Gasteiger partial charge on any atom is -0.351 e. The second-order valence-corrected chi connectivity index (χ2v) is 6.38. The maximum Gasteiger partial charge on any atom is 0.270 e. The molecule has 1 aromatic heterocycles. The number of nitrogens with one attached hydrogen (secondary N) is 1. The number of benzene rings is 2. The fraction of sp³-hybridized carbons (Fsp3) is 0.167. The minimum absolute atomic E-state index is 0.00962. The van der Waals surface area contributed by atoms with E-state index in [1.165, 1.54) is 5.56 Å². The van der Waals surface area contributed by atoms with Crippen LogP contribution in [0.25, 0.3) is 10.9 Å². The van der Waals surface area contributed by atoms with E-state index in [0.717, 1.165) is 20.9 Å². The van der Waals surface area contributed by atoms with Crippen molar-refractivity contribution < 1.29 is 4.79 Å². The van der Waals surface area contributed by atoms with Crippen molar-refractivity contribution >= 4 is 32.7 Å². The summed E-state index contributed by atoms with van der Waals surface area (Å²) < 4.78 is 1.02. The van der Waals surface area contributed by atoms with E-state index in [2.05, 4.69) is 27.0 Å². The molecule has 0 aliphatic heterocycles. The number of rotatable bonds is 3. The van der Waals surface area contributed by atoms with Crippen molar-refractivity contribution in [1.82, 2.24) is 9.88 Å². The van der Waals surface area contributed by atoms with Gasteiger partial charge in [-0.05, 0) is 36.8 Å². The topological polar surface area (TPSA) is 36.1 Å². The Morgan fingerprint density at radius 3 is 2.73 bits per heavy atom. The van der Waals surface area contributed by atoms with Gasteiger partial charge in [-0.25, -0.2) is 0 Å². The molecule has 3 aromatic rings. The lowest BCUT2D eigenvalue weighted by atomic mass is 10.2. The molecule has 0 bridgehead atoms. The highest BCUT2D eigenvalue weighted by atomic mass is 79.9. The van der Waals surface area contributed by atoms with Gasteiger partial charge in [0.15, 0.2) is 0 Å². The van der Waals surface area contributed by atoms with Gasteiger partial charge in [0, 0.05) is 29.0 Å². The number of carbonyl (C=O) groups is 1. The number of carbonyl (C=O) groups excluding carboxylic acids is 1. The average Bonchev–Trinajstić information content (AvgIpc) is 2.91. The second-order valence-electron chi connectivity index (χ2n) is 5.53. The van der Waals surface area contributed by atoms with Crippen molar-refractivity contribution in [3.63, 3.8) is 0 Å². The Kier molecular flexibility index (Phi) is 4.03. The molecule has 4 heteroatoms. The van der Waals surface area contributed by atoms with E-state index < -0.39 is 0 Å².